The number of hydrogen-bond donors (Lipinski definition) is 1. The predicted octanol–water partition coefficient (Wildman–Crippen LogP) is 4.31. The first-order valence-electron chi connectivity index (χ1n) is 7.94. The Hall–Kier alpha value is -0.180. The molecule has 0 unspecified atom stereocenters. The summed E-state index contributed by atoms with van der Waals surface area (Å²) in [5.41, 5.74) is 0.513. The van der Waals surface area contributed by atoms with Crippen LogP contribution >= 0.6 is 11.8 Å². The van der Waals surface area contributed by atoms with E-state index >= 15 is 0 Å². The smallest absolute Gasteiger partial charge is 0.156 e. The third kappa shape index (κ3) is 4.14. The summed E-state index contributed by atoms with van der Waals surface area (Å²) in [5, 5.41) is 4.80. The molecule has 1 saturated heterocycles. The van der Waals surface area contributed by atoms with Gasteiger partial charge in [-0.25, -0.2) is 0 Å². The quantitative estimate of drug-likeness (QED) is 0.812. The Morgan fingerprint density at radius 2 is 1.95 bits per heavy atom. The van der Waals surface area contributed by atoms with Gasteiger partial charge in [-0.05, 0) is 36.5 Å². The average molecular weight is 282 g/mol. The van der Waals surface area contributed by atoms with Crippen LogP contribution in [0.2, 0.25) is 0 Å². The van der Waals surface area contributed by atoms with Gasteiger partial charge in [0.15, 0.2) is 5.17 Å². The van der Waals surface area contributed by atoms with Gasteiger partial charge in [-0.1, -0.05) is 52.3 Å². The second-order valence-corrected chi connectivity index (χ2v) is 8.24. The number of amidine groups is 1. The lowest BCUT2D eigenvalue weighted by Crippen LogP contribution is -2.32. The molecule has 1 aliphatic heterocycles. The fraction of sp³-hybridized carbons (Fsp3) is 0.938. The first-order chi connectivity index (χ1) is 9.01. The van der Waals surface area contributed by atoms with Crippen LogP contribution in [-0.2, 0) is 0 Å². The molecule has 0 aromatic rings. The molecule has 1 N–H and O–H groups in total. The van der Waals surface area contributed by atoms with E-state index < -0.39 is 0 Å². The largest absolute Gasteiger partial charge is 0.361 e. The maximum Gasteiger partial charge on any atom is 0.156 e. The van der Waals surface area contributed by atoms with Crippen LogP contribution in [0.15, 0.2) is 4.99 Å². The van der Waals surface area contributed by atoms with Crippen molar-refractivity contribution in [3.8, 4) is 0 Å². The molecular formula is C16H30N2S. The van der Waals surface area contributed by atoms with Crippen LogP contribution in [0.3, 0.4) is 0 Å². The topological polar surface area (TPSA) is 24.4 Å². The zero-order valence-corrected chi connectivity index (χ0v) is 13.9. The molecule has 2 fully saturated rings. The number of thioether (sulfide) groups is 1. The van der Waals surface area contributed by atoms with Crippen LogP contribution in [0.5, 0.6) is 0 Å². The van der Waals surface area contributed by atoms with E-state index in [9.17, 15) is 0 Å². The van der Waals surface area contributed by atoms with Gasteiger partial charge in [0.05, 0.1) is 0 Å². The molecule has 0 bridgehead atoms. The highest BCUT2D eigenvalue weighted by Crippen LogP contribution is 2.43. The van der Waals surface area contributed by atoms with Crippen LogP contribution in [0.25, 0.3) is 0 Å². The van der Waals surface area contributed by atoms with E-state index in [2.05, 4.69) is 33.0 Å². The summed E-state index contributed by atoms with van der Waals surface area (Å²) in [6, 6.07) is 0.619. The zero-order valence-electron chi connectivity index (χ0n) is 13.0. The molecule has 0 aromatic heterocycles. The van der Waals surface area contributed by atoms with Crippen molar-refractivity contribution in [2.45, 2.75) is 65.8 Å². The van der Waals surface area contributed by atoms with E-state index in [4.69, 9.17) is 4.99 Å². The second-order valence-electron chi connectivity index (χ2n) is 7.23. The fourth-order valence-corrected chi connectivity index (χ4v) is 4.71. The van der Waals surface area contributed by atoms with E-state index in [1.54, 1.807) is 0 Å². The summed E-state index contributed by atoms with van der Waals surface area (Å²) in [5.74, 6) is 2.69. The summed E-state index contributed by atoms with van der Waals surface area (Å²) < 4.78 is 0. The summed E-state index contributed by atoms with van der Waals surface area (Å²) >= 11 is 1.92. The monoisotopic (exact) mass is 282 g/mol. The number of rotatable bonds is 5. The van der Waals surface area contributed by atoms with Crippen molar-refractivity contribution in [2.24, 2.45) is 22.2 Å². The molecular weight excluding hydrogens is 252 g/mol. The maximum atomic E-state index is 4.93. The third-order valence-electron chi connectivity index (χ3n) is 4.58. The summed E-state index contributed by atoms with van der Waals surface area (Å²) in [6.07, 6.45) is 6.95. The van der Waals surface area contributed by atoms with Crippen LogP contribution < -0.4 is 5.32 Å². The Kier molecular flexibility index (Phi) is 5.22. The van der Waals surface area contributed by atoms with Crippen LogP contribution in [0.1, 0.15) is 59.8 Å². The van der Waals surface area contributed by atoms with Gasteiger partial charge >= 0.3 is 0 Å². The molecule has 0 aromatic carbocycles. The molecule has 19 heavy (non-hydrogen) atoms. The Morgan fingerprint density at radius 1 is 1.26 bits per heavy atom. The minimum absolute atomic E-state index is 0.513. The van der Waals surface area contributed by atoms with Crippen molar-refractivity contribution < 1.29 is 0 Å². The van der Waals surface area contributed by atoms with Crippen molar-refractivity contribution in [3.63, 3.8) is 0 Å². The normalized spacial score (nSPS) is 28.5. The number of aliphatic imine (C=N–C) groups is 1. The Bertz CT molecular complexity index is 317. The number of nitrogens with one attached hydrogen (secondary N) is 1. The van der Waals surface area contributed by atoms with Gasteiger partial charge in [0.25, 0.3) is 0 Å². The molecule has 110 valence electrons. The molecule has 1 atom stereocenters. The van der Waals surface area contributed by atoms with Gasteiger partial charge in [0.1, 0.15) is 0 Å². The Labute approximate surface area is 123 Å². The minimum Gasteiger partial charge on any atom is -0.361 e. The van der Waals surface area contributed by atoms with Gasteiger partial charge in [0, 0.05) is 18.3 Å². The fourth-order valence-electron chi connectivity index (χ4n) is 3.52. The molecule has 0 spiro atoms. The molecule has 3 heteroatoms. The van der Waals surface area contributed by atoms with Crippen LogP contribution in [0.4, 0.5) is 0 Å². The van der Waals surface area contributed by atoms with Gasteiger partial charge in [-0.15, -0.1) is 0 Å². The molecule has 2 aliphatic rings. The molecule has 2 rings (SSSR count). The van der Waals surface area contributed by atoms with Crippen molar-refractivity contribution in [2.75, 3.05) is 12.3 Å². The molecule has 1 aliphatic carbocycles. The van der Waals surface area contributed by atoms with Crippen molar-refractivity contribution in [3.05, 3.63) is 0 Å². The molecule has 2 nitrogen and oxygen atoms in total. The van der Waals surface area contributed by atoms with E-state index in [0.29, 0.717) is 17.4 Å². The highest BCUT2D eigenvalue weighted by molar-refractivity contribution is 8.14. The van der Waals surface area contributed by atoms with Gasteiger partial charge in [0.2, 0.25) is 0 Å². The zero-order chi connectivity index (χ0) is 13.9. The first-order valence-corrected chi connectivity index (χ1v) is 8.93. The molecule has 0 radical (unpaired) electrons. The van der Waals surface area contributed by atoms with Crippen molar-refractivity contribution >= 4 is 16.9 Å². The minimum atomic E-state index is 0.513. The standard InChI is InChI=1S/C16H30N2S/c1-12(2)9-16(7-5-6-8-16)11-17-15-18-14(10-19-15)13(3)4/h12-14H,5-11H2,1-4H3,(H,17,18)/t14-/m1/s1. The number of nitrogens with zero attached hydrogens (tertiary/aromatic N) is 1. The molecule has 1 saturated carbocycles. The van der Waals surface area contributed by atoms with E-state index in [-0.39, 0.29) is 0 Å². The third-order valence-corrected chi connectivity index (χ3v) is 5.62. The average Bonchev–Trinajstić information content (AvgIpc) is 2.94. The van der Waals surface area contributed by atoms with Crippen molar-refractivity contribution in [1.82, 2.24) is 5.32 Å². The summed E-state index contributed by atoms with van der Waals surface area (Å²) in [4.78, 5) is 4.93. The van der Waals surface area contributed by atoms with E-state index in [1.807, 2.05) is 11.8 Å². The Morgan fingerprint density at radius 3 is 2.47 bits per heavy atom. The summed E-state index contributed by atoms with van der Waals surface area (Å²) in [6.45, 7) is 10.3. The lowest BCUT2D eigenvalue weighted by atomic mass is 9.79. The number of hydrogen-bond acceptors (Lipinski definition) is 2. The Balaban J connectivity index is 1.92. The van der Waals surface area contributed by atoms with Crippen LogP contribution in [0, 0.1) is 17.3 Å². The predicted molar refractivity (Wildman–Crippen MR) is 86.9 cm³/mol. The summed E-state index contributed by atoms with van der Waals surface area (Å²) in [7, 11) is 0. The van der Waals surface area contributed by atoms with Crippen LogP contribution in [-0.4, -0.2) is 23.5 Å². The highest BCUT2D eigenvalue weighted by atomic mass is 32.2. The lowest BCUT2D eigenvalue weighted by Gasteiger charge is -2.29. The highest BCUT2D eigenvalue weighted by Gasteiger charge is 2.34. The first kappa shape index (κ1) is 15.2. The van der Waals surface area contributed by atoms with Gasteiger partial charge in [-0.2, -0.15) is 0 Å². The molecule has 1 heterocycles. The van der Waals surface area contributed by atoms with Crippen molar-refractivity contribution in [1.29, 1.82) is 0 Å². The van der Waals surface area contributed by atoms with E-state index in [1.165, 1.54) is 43.0 Å². The lowest BCUT2D eigenvalue weighted by molar-refractivity contribution is 0.245. The SMILES string of the molecule is CC(C)CC1(CN=C2N[C@@H](C(C)C)CS2)CCCC1. The van der Waals surface area contributed by atoms with E-state index in [0.717, 1.165) is 12.5 Å². The van der Waals surface area contributed by atoms with Gasteiger partial charge in [-0.3, -0.25) is 4.99 Å². The maximum absolute atomic E-state index is 4.93. The molecule has 0 amide bonds. The second kappa shape index (κ2) is 6.51. The van der Waals surface area contributed by atoms with Gasteiger partial charge < -0.3 is 5.32 Å².